The second kappa shape index (κ2) is 9.03. The van der Waals surface area contributed by atoms with Crippen LogP contribution in [0.4, 0.5) is 0 Å². The second-order valence-electron chi connectivity index (χ2n) is 7.18. The van der Waals surface area contributed by atoms with Crippen LogP contribution in [0.2, 0.25) is 0 Å². The van der Waals surface area contributed by atoms with E-state index < -0.39 is 0 Å². The SMILES string of the molecule is CCCn1cc(C(=O)N2CCCCC2c2[nH]ncc2C(=O)N(CC)CC)cn1. The largest absolute Gasteiger partial charge is 0.339 e. The van der Waals surface area contributed by atoms with Crippen molar-refractivity contribution in [2.24, 2.45) is 0 Å². The van der Waals surface area contributed by atoms with Crippen LogP contribution in [-0.2, 0) is 6.54 Å². The molecule has 2 aromatic rings. The molecule has 1 fully saturated rings. The number of hydrogen-bond donors (Lipinski definition) is 1. The van der Waals surface area contributed by atoms with Crippen molar-refractivity contribution in [2.75, 3.05) is 19.6 Å². The number of aromatic amines is 1. The van der Waals surface area contributed by atoms with Crippen LogP contribution in [-0.4, -0.2) is 61.2 Å². The van der Waals surface area contributed by atoms with E-state index in [0.29, 0.717) is 30.8 Å². The van der Waals surface area contributed by atoms with Crippen LogP contribution in [0.15, 0.2) is 18.6 Å². The molecule has 0 aliphatic carbocycles. The summed E-state index contributed by atoms with van der Waals surface area (Å²) < 4.78 is 1.80. The molecule has 0 bridgehead atoms. The van der Waals surface area contributed by atoms with Gasteiger partial charge in [0.2, 0.25) is 0 Å². The standard InChI is InChI=1S/C20H30N6O2/c1-4-10-25-14-15(12-22-25)19(27)26-11-8-7-9-17(26)18-16(13-21-23-18)20(28)24(5-2)6-3/h12-14,17H,4-11H2,1-3H3,(H,21,23). The minimum Gasteiger partial charge on any atom is -0.339 e. The lowest BCUT2D eigenvalue weighted by atomic mass is 9.96. The van der Waals surface area contributed by atoms with Gasteiger partial charge in [0.1, 0.15) is 0 Å². The maximum absolute atomic E-state index is 13.2. The third-order valence-corrected chi connectivity index (χ3v) is 5.38. The highest BCUT2D eigenvalue weighted by atomic mass is 16.2. The lowest BCUT2D eigenvalue weighted by Crippen LogP contribution is -2.40. The molecule has 1 unspecified atom stereocenters. The number of rotatable bonds is 7. The van der Waals surface area contributed by atoms with Crippen LogP contribution in [0.5, 0.6) is 0 Å². The van der Waals surface area contributed by atoms with Crippen LogP contribution < -0.4 is 0 Å². The summed E-state index contributed by atoms with van der Waals surface area (Å²) in [5.74, 6) is -0.0784. The van der Waals surface area contributed by atoms with E-state index in [1.165, 1.54) is 0 Å². The predicted molar refractivity (Wildman–Crippen MR) is 106 cm³/mol. The molecule has 0 radical (unpaired) electrons. The second-order valence-corrected chi connectivity index (χ2v) is 7.18. The summed E-state index contributed by atoms with van der Waals surface area (Å²) in [6.07, 6.45) is 8.79. The Bertz CT molecular complexity index is 807. The number of amides is 2. The molecular formula is C20H30N6O2. The fourth-order valence-corrected chi connectivity index (χ4v) is 3.87. The summed E-state index contributed by atoms with van der Waals surface area (Å²) in [7, 11) is 0. The molecular weight excluding hydrogens is 356 g/mol. The Kier molecular flexibility index (Phi) is 6.49. The van der Waals surface area contributed by atoms with E-state index >= 15 is 0 Å². The molecule has 3 rings (SSSR count). The fourth-order valence-electron chi connectivity index (χ4n) is 3.87. The summed E-state index contributed by atoms with van der Waals surface area (Å²) in [6, 6.07) is -0.173. The van der Waals surface area contributed by atoms with Crippen molar-refractivity contribution in [3.63, 3.8) is 0 Å². The molecule has 2 aromatic heterocycles. The number of nitrogens with one attached hydrogen (secondary N) is 1. The maximum Gasteiger partial charge on any atom is 0.257 e. The number of carbonyl (C=O) groups is 2. The number of piperidine rings is 1. The zero-order chi connectivity index (χ0) is 20.1. The highest BCUT2D eigenvalue weighted by Crippen LogP contribution is 2.33. The zero-order valence-corrected chi connectivity index (χ0v) is 17.0. The van der Waals surface area contributed by atoms with Gasteiger partial charge in [-0.05, 0) is 39.5 Å². The molecule has 0 spiro atoms. The first-order valence-electron chi connectivity index (χ1n) is 10.3. The third-order valence-electron chi connectivity index (χ3n) is 5.38. The van der Waals surface area contributed by atoms with Crippen LogP contribution in [0.25, 0.3) is 0 Å². The summed E-state index contributed by atoms with van der Waals surface area (Å²) in [5.41, 5.74) is 1.90. The van der Waals surface area contributed by atoms with Crippen molar-refractivity contribution in [3.05, 3.63) is 35.4 Å². The van der Waals surface area contributed by atoms with Crippen molar-refractivity contribution in [3.8, 4) is 0 Å². The van der Waals surface area contributed by atoms with Gasteiger partial charge in [0.05, 0.1) is 35.3 Å². The molecule has 2 amide bonds. The topological polar surface area (TPSA) is 87.1 Å². The molecule has 152 valence electrons. The van der Waals surface area contributed by atoms with Gasteiger partial charge in [0, 0.05) is 32.4 Å². The van der Waals surface area contributed by atoms with E-state index in [4.69, 9.17) is 0 Å². The van der Waals surface area contributed by atoms with Crippen LogP contribution >= 0.6 is 0 Å². The van der Waals surface area contributed by atoms with Crippen LogP contribution in [0.3, 0.4) is 0 Å². The van der Waals surface area contributed by atoms with Crippen molar-refractivity contribution >= 4 is 11.8 Å². The van der Waals surface area contributed by atoms with Gasteiger partial charge < -0.3 is 9.80 Å². The van der Waals surface area contributed by atoms with Gasteiger partial charge in [-0.1, -0.05) is 6.92 Å². The van der Waals surface area contributed by atoms with E-state index in [1.54, 1.807) is 22.0 Å². The average molecular weight is 387 g/mol. The molecule has 1 atom stereocenters. The molecule has 8 heteroatoms. The lowest BCUT2D eigenvalue weighted by Gasteiger charge is -2.35. The van der Waals surface area contributed by atoms with Crippen molar-refractivity contribution in [2.45, 2.75) is 59.0 Å². The fraction of sp³-hybridized carbons (Fsp3) is 0.600. The van der Waals surface area contributed by atoms with Gasteiger partial charge in [-0.3, -0.25) is 19.4 Å². The van der Waals surface area contributed by atoms with E-state index in [1.807, 2.05) is 24.9 Å². The Morgan fingerprint density at radius 3 is 2.71 bits per heavy atom. The van der Waals surface area contributed by atoms with E-state index in [-0.39, 0.29) is 17.9 Å². The number of likely N-dealkylation sites (tertiary alicyclic amines) is 1. The highest BCUT2D eigenvalue weighted by Gasteiger charge is 2.33. The van der Waals surface area contributed by atoms with Crippen LogP contribution in [0.1, 0.15) is 78.9 Å². The highest BCUT2D eigenvalue weighted by molar-refractivity contribution is 5.96. The lowest BCUT2D eigenvalue weighted by molar-refractivity contribution is 0.0597. The minimum atomic E-state index is -0.173. The summed E-state index contributed by atoms with van der Waals surface area (Å²) in [5, 5.41) is 11.4. The first-order valence-corrected chi connectivity index (χ1v) is 10.3. The third kappa shape index (κ3) is 3.95. The number of hydrogen-bond acceptors (Lipinski definition) is 4. The van der Waals surface area contributed by atoms with E-state index in [9.17, 15) is 9.59 Å². The zero-order valence-electron chi connectivity index (χ0n) is 17.0. The van der Waals surface area contributed by atoms with Gasteiger partial charge >= 0.3 is 0 Å². The Hall–Kier alpha value is -2.64. The van der Waals surface area contributed by atoms with Crippen molar-refractivity contribution in [1.82, 2.24) is 29.8 Å². The number of carbonyl (C=O) groups excluding carboxylic acids is 2. The van der Waals surface area contributed by atoms with Gasteiger partial charge in [-0.15, -0.1) is 0 Å². The van der Waals surface area contributed by atoms with Gasteiger partial charge in [0.15, 0.2) is 0 Å². The Morgan fingerprint density at radius 2 is 2.00 bits per heavy atom. The first-order chi connectivity index (χ1) is 13.6. The van der Waals surface area contributed by atoms with Gasteiger partial charge in [0.25, 0.3) is 11.8 Å². The van der Waals surface area contributed by atoms with Crippen molar-refractivity contribution in [1.29, 1.82) is 0 Å². The molecule has 3 heterocycles. The summed E-state index contributed by atoms with van der Waals surface area (Å²) in [6.45, 7) is 8.75. The predicted octanol–water partition coefficient (Wildman–Crippen LogP) is 2.87. The Balaban J connectivity index is 1.87. The average Bonchev–Trinajstić information content (AvgIpc) is 3.38. The van der Waals surface area contributed by atoms with Crippen molar-refractivity contribution < 1.29 is 9.59 Å². The first kappa shape index (κ1) is 20.1. The molecule has 1 aliphatic rings. The normalized spacial score (nSPS) is 17.0. The minimum absolute atomic E-state index is 0.0390. The van der Waals surface area contributed by atoms with Gasteiger partial charge in [-0.2, -0.15) is 10.2 Å². The summed E-state index contributed by atoms with van der Waals surface area (Å²) >= 11 is 0. The number of nitrogens with zero attached hydrogens (tertiary/aromatic N) is 5. The Morgan fingerprint density at radius 1 is 1.21 bits per heavy atom. The molecule has 0 aromatic carbocycles. The van der Waals surface area contributed by atoms with Gasteiger partial charge in [-0.25, -0.2) is 0 Å². The molecule has 8 nitrogen and oxygen atoms in total. The summed E-state index contributed by atoms with van der Waals surface area (Å²) in [4.78, 5) is 29.7. The molecule has 1 N–H and O–H groups in total. The van der Waals surface area contributed by atoms with E-state index in [2.05, 4.69) is 22.2 Å². The molecule has 1 saturated heterocycles. The smallest absolute Gasteiger partial charge is 0.257 e. The number of H-pyrrole nitrogens is 1. The number of aryl methyl sites for hydroxylation is 1. The number of aromatic nitrogens is 4. The molecule has 1 aliphatic heterocycles. The monoisotopic (exact) mass is 386 g/mol. The van der Waals surface area contributed by atoms with Crippen LogP contribution in [0, 0.1) is 0 Å². The Labute approximate surface area is 165 Å². The quantitative estimate of drug-likeness (QED) is 0.793. The molecule has 28 heavy (non-hydrogen) atoms. The molecule has 0 saturated carbocycles. The maximum atomic E-state index is 13.2. The van der Waals surface area contributed by atoms with E-state index in [0.717, 1.165) is 37.9 Å².